The molecule has 0 saturated carbocycles. The monoisotopic (exact) mass is 379 g/mol. The zero-order chi connectivity index (χ0) is 17.9. The maximum absolute atomic E-state index is 13.8. The summed E-state index contributed by atoms with van der Waals surface area (Å²) in [5.74, 6) is -1.08. The molecule has 8 heteroatoms. The number of hydrogen-bond acceptors (Lipinski definition) is 3. The predicted molar refractivity (Wildman–Crippen MR) is 94.4 cm³/mol. The first kappa shape index (κ1) is 17.6. The fourth-order valence-corrected chi connectivity index (χ4v) is 3.71. The van der Waals surface area contributed by atoms with Crippen LogP contribution in [0.1, 0.15) is 11.1 Å². The molecule has 0 amide bonds. The zero-order valence-corrected chi connectivity index (χ0v) is 14.6. The summed E-state index contributed by atoms with van der Waals surface area (Å²) in [6.07, 6.45) is 5.05. The van der Waals surface area contributed by atoms with Crippen LogP contribution in [0.2, 0.25) is 5.02 Å². The van der Waals surface area contributed by atoms with Crippen LogP contribution in [0.5, 0.6) is 0 Å². The van der Waals surface area contributed by atoms with E-state index in [1.807, 2.05) is 24.3 Å². The minimum absolute atomic E-state index is 0.0305. The number of halogens is 2. The molecule has 0 aliphatic rings. The second-order valence-corrected chi connectivity index (χ2v) is 7.66. The highest BCUT2D eigenvalue weighted by molar-refractivity contribution is 7.88. The van der Waals surface area contributed by atoms with Crippen LogP contribution < -0.4 is 4.72 Å². The molecule has 0 unspecified atom stereocenters. The first-order valence-electron chi connectivity index (χ1n) is 7.42. The van der Waals surface area contributed by atoms with Crippen LogP contribution in [0, 0.1) is 5.82 Å². The molecule has 1 aromatic heterocycles. The Hall–Kier alpha value is -2.22. The molecule has 1 N–H and O–H groups in total. The molecule has 0 fully saturated rings. The molecule has 0 atom stereocenters. The van der Waals surface area contributed by atoms with E-state index >= 15 is 0 Å². The van der Waals surface area contributed by atoms with Crippen molar-refractivity contribution in [3.63, 3.8) is 0 Å². The first-order valence-corrected chi connectivity index (χ1v) is 9.45. The summed E-state index contributed by atoms with van der Waals surface area (Å²) in [7, 11) is -3.73. The van der Waals surface area contributed by atoms with E-state index in [4.69, 9.17) is 11.6 Å². The summed E-state index contributed by atoms with van der Waals surface area (Å²) < 4.78 is 42.6. The SMILES string of the molecule is O=S(=O)(Cc1cc(Cl)ccc1F)NCc1ccccc1-n1ccnc1. The molecule has 0 aliphatic carbocycles. The third kappa shape index (κ3) is 4.45. The lowest BCUT2D eigenvalue weighted by Gasteiger charge is -2.12. The van der Waals surface area contributed by atoms with Crippen molar-refractivity contribution in [1.29, 1.82) is 0 Å². The van der Waals surface area contributed by atoms with Gasteiger partial charge in [-0.15, -0.1) is 0 Å². The molecule has 1 heterocycles. The Morgan fingerprint density at radius 1 is 1.16 bits per heavy atom. The highest BCUT2D eigenvalue weighted by atomic mass is 35.5. The molecular weight excluding hydrogens is 365 g/mol. The second-order valence-electron chi connectivity index (χ2n) is 5.41. The first-order chi connectivity index (χ1) is 11.9. The summed E-state index contributed by atoms with van der Waals surface area (Å²) >= 11 is 5.81. The van der Waals surface area contributed by atoms with Crippen LogP contribution in [0.4, 0.5) is 4.39 Å². The Kier molecular flexibility index (Phi) is 5.17. The van der Waals surface area contributed by atoms with E-state index in [1.165, 1.54) is 12.1 Å². The van der Waals surface area contributed by atoms with E-state index in [-0.39, 0.29) is 17.1 Å². The van der Waals surface area contributed by atoms with Gasteiger partial charge < -0.3 is 4.57 Å². The summed E-state index contributed by atoms with van der Waals surface area (Å²) in [4.78, 5) is 3.99. The van der Waals surface area contributed by atoms with Crippen molar-refractivity contribution in [1.82, 2.24) is 14.3 Å². The minimum atomic E-state index is -3.73. The minimum Gasteiger partial charge on any atom is -0.306 e. The Bertz CT molecular complexity index is 975. The van der Waals surface area contributed by atoms with Crippen molar-refractivity contribution < 1.29 is 12.8 Å². The maximum atomic E-state index is 13.8. The number of sulfonamides is 1. The molecule has 3 aromatic rings. The van der Waals surface area contributed by atoms with Crippen molar-refractivity contribution in [2.75, 3.05) is 0 Å². The molecule has 25 heavy (non-hydrogen) atoms. The van der Waals surface area contributed by atoms with Gasteiger partial charge in [-0.2, -0.15) is 0 Å². The summed E-state index contributed by atoms with van der Waals surface area (Å²) in [5, 5.41) is 0.289. The lowest BCUT2D eigenvalue weighted by molar-refractivity contribution is 0.574. The molecule has 2 aromatic carbocycles. The lowest BCUT2D eigenvalue weighted by Crippen LogP contribution is -2.25. The summed E-state index contributed by atoms with van der Waals surface area (Å²) in [5.41, 5.74) is 1.62. The Morgan fingerprint density at radius 2 is 1.96 bits per heavy atom. The van der Waals surface area contributed by atoms with Gasteiger partial charge in [-0.3, -0.25) is 0 Å². The fourth-order valence-electron chi connectivity index (χ4n) is 2.41. The molecular formula is C17H15ClFN3O2S. The number of imidazole rings is 1. The second kappa shape index (κ2) is 7.35. The van der Waals surface area contributed by atoms with E-state index in [9.17, 15) is 12.8 Å². The number of benzene rings is 2. The third-order valence-electron chi connectivity index (χ3n) is 3.61. The van der Waals surface area contributed by atoms with E-state index in [0.717, 1.165) is 17.3 Å². The van der Waals surface area contributed by atoms with Gasteiger partial charge in [-0.1, -0.05) is 29.8 Å². The maximum Gasteiger partial charge on any atom is 0.216 e. The third-order valence-corrected chi connectivity index (χ3v) is 5.12. The number of para-hydroxylation sites is 1. The van der Waals surface area contributed by atoms with Gasteiger partial charge in [0.15, 0.2) is 0 Å². The van der Waals surface area contributed by atoms with Crippen LogP contribution in [-0.2, 0) is 22.3 Å². The number of hydrogen-bond donors (Lipinski definition) is 1. The predicted octanol–water partition coefficient (Wildman–Crippen LogP) is 3.28. The van der Waals surface area contributed by atoms with Crippen molar-refractivity contribution >= 4 is 21.6 Å². The van der Waals surface area contributed by atoms with Crippen molar-refractivity contribution in [2.45, 2.75) is 12.3 Å². The van der Waals surface area contributed by atoms with Crippen molar-refractivity contribution in [3.8, 4) is 5.69 Å². The molecule has 3 rings (SSSR count). The molecule has 5 nitrogen and oxygen atoms in total. The van der Waals surface area contributed by atoms with Gasteiger partial charge in [-0.25, -0.2) is 22.5 Å². The largest absolute Gasteiger partial charge is 0.306 e. The van der Waals surface area contributed by atoms with Crippen LogP contribution in [0.3, 0.4) is 0 Å². The van der Waals surface area contributed by atoms with Gasteiger partial charge in [0.1, 0.15) is 5.82 Å². The summed E-state index contributed by atoms with van der Waals surface area (Å²) in [6, 6.07) is 11.2. The Balaban J connectivity index is 1.76. The fraction of sp³-hybridized carbons (Fsp3) is 0.118. The summed E-state index contributed by atoms with van der Waals surface area (Å²) in [6.45, 7) is 0.0822. The zero-order valence-electron chi connectivity index (χ0n) is 13.1. The van der Waals surface area contributed by atoms with E-state index in [0.29, 0.717) is 0 Å². The molecule has 130 valence electrons. The van der Waals surface area contributed by atoms with Crippen molar-refractivity contribution in [2.24, 2.45) is 0 Å². The molecule has 0 bridgehead atoms. The van der Waals surface area contributed by atoms with E-state index in [1.54, 1.807) is 23.3 Å². The Labute approximate surface area is 150 Å². The molecule has 0 radical (unpaired) electrons. The average molecular weight is 380 g/mol. The van der Waals surface area contributed by atoms with Gasteiger partial charge in [-0.05, 0) is 29.8 Å². The number of aromatic nitrogens is 2. The van der Waals surface area contributed by atoms with Gasteiger partial charge in [0.25, 0.3) is 0 Å². The topological polar surface area (TPSA) is 64.0 Å². The van der Waals surface area contributed by atoms with Crippen LogP contribution >= 0.6 is 11.6 Å². The van der Waals surface area contributed by atoms with Gasteiger partial charge in [0.2, 0.25) is 10.0 Å². The van der Waals surface area contributed by atoms with Crippen LogP contribution in [0.15, 0.2) is 61.2 Å². The Morgan fingerprint density at radius 3 is 2.72 bits per heavy atom. The highest BCUT2D eigenvalue weighted by Crippen LogP contribution is 2.18. The quantitative estimate of drug-likeness (QED) is 0.714. The number of nitrogens with one attached hydrogen (secondary N) is 1. The number of rotatable bonds is 6. The molecule has 0 saturated heterocycles. The van der Waals surface area contributed by atoms with E-state index in [2.05, 4.69) is 9.71 Å². The normalized spacial score (nSPS) is 11.6. The van der Waals surface area contributed by atoms with E-state index < -0.39 is 21.6 Å². The highest BCUT2D eigenvalue weighted by Gasteiger charge is 2.16. The van der Waals surface area contributed by atoms with Crippen molar-refractivity contribution in [3.05, 3.63) is 83.2 Å². The van der Waals surface area contributed by atoms with Gasteiger partial charge >= 0.3 is 0 Å². The smallest absolute Gasteiger partial charge is 0.216 e. The van der Waals surface area contributed by atoms with Gasteiger partial charge in [0.05, 0.1) is 17.8 Å². The van der Waals surface area contributed by atoms with Gasteiger partial charge in [0, 0.05) is 29.5 Å². The lowest BCUT2D eigenvalue weighted by atomic mass is 10.2. The number of nitrogens with zero attached hydrogens (tertiary/aromatic N) is 2. The van der Waals surface area contributed by atoms with Crippen LogP contribution in [0.25, 0.3) is 5.69 Å². The molecule has 0 aliphatic heterocycles. The standard InChI is InChI=1S/C17H15ClFN3O2S/c18-15-5-6-16(19)14(9-15)11-25(23,24)21-10-13-3-1-2-4-17(13)22-8-7-20-12-22/h1-9,12,21H,10-11H2. The van der Waals surface area contributed by atoms with Crippen LogP contribution in [-0.4, -0.2) is 18.0 Å². The molecule has 0 spiro atoms. The average Bonchev–Trinajstić information content (AvgIpc) is 3.11.